The lowest BCUT2D eigenvalue weighted by Gasteiger charge is -2.13. The van der Waals surface area contributed by atoms with Crippen molar-refractivity contribution in [3.63, 3.8) is 0 Å². The molecule has 0 fully saturated rings. The van der Waals surface area contributed by atoms with E-state index in [0.29, 0.717) is 22.2 Å². The molecule has 2 N–H and O–H groups in total. The Morgan fingerprint density at radius 1 is 1.10 bits per heavy atom. The number of halogens is 1. The summed E-state index contributed by atoms with van der Waals surface area (Å²) >= 11 is 4.69. The second kappa shape index (κ2) is 9.71. The van der Waals surface area contributed by atoms with Crippen molar-refractivity contribution in [2.75, 3.05) is 11.1 Å². The molecule has 1 atom stereocenters. The van der Waals surface area contributed by atoms with Crippen LogP contribution in [0.3, 0.4) is 0 Å². The predicted molar refractivity (Wildman–Crippen MR) is 117 cm³/mol. The molecule has 1 heterocycles. The lowest BCUT2D eigenvalue weighted by molar-refractivity contribution is -0.113. The minimum atomic E-state index is -0.330. The Kier molecular flexibility index (Phi) is 7.05. The monoisotopic (exact) mass is 473 g/mol. The SMILES string of the molecule is C[C@H](NC(=O)c1ccccc1)c1nnc(SCC(=O)Nc2ccccc2Br)n1C. The third-order valence-corrected chi connectivity index (χ3v) is 5.83. The number of carbonyl (C=O) groups excluding carboxylic acids is 2. The average molecular weight is 474 g/mol. The van der Waals surface area contributed by atoms with Crippen LogP contribution in [0.1, 0.15) is 29.1 Å². The van der Waals surface area contributed by atoms with Crippen molar-refractivity contribution in [2.24, 2.45) is 7.05 Å². The van der Waals surface area contributed by atoms with Crippen LogP contribution in [-0.2, 0) is 11.8 Å². The lowest BCUT2D eigenvalue weighted by atomic mass is 10.2. The molecule has 0 aliphatic heterocycles. The van der Waals surface area contributed by atoms with Crippen LogP contribution in [0.15, 0.2) is 64.2 Å². The van der Waals surface area contributed by atoms with E-state index in [9.17, 15) is 9.59 Å². The van der Waals surface area contributed by atoms with Crippen molar-refractivity contribution in [1.29, 1.82) is 0 Å². The van der Waals surface area contributed by atoms with Crippen LogP contribution >= 0.6 is 27.7 Å². The van der Waals surface area contributed by atoms with E-state index in [1.165, 1.54) is 11.8 Å². The highest BCUT2D eigenvalue weighted by Crippen LogP contribution is 2.23. The number of benzene rings is 2. The largest absolute Gasteiger partial charge is 0.342 e. The van der Waals surface area contributed by atoms with Crippen molar-refractivity contribution in [3.8, 4) is 0 Å². The van der Waals surface area contributed by atoms with Crippen molar-refractivity contribution in [3.05, 3.63) is 70.5 Å². The third kappa shape index (κ3) is 5.45. The quantitative estimate of drug-likeness (QED) is 0.509. The van der Waals surface area contributed by atoms with Crippen molar-refractivity contribution < 1.29 is 9.59 Å². The zero-order valence-corrected chi connectivity index (χ0v) is 18.3. The highest BCUT2D eigenvalue weighted by Gasteiger charge is 2.19. The first-order chi connectivity index (χ1) is 14.0. The summed E-state index contributed by atoms with van der Waals surface area (Å²) < 4.78 is 2.61. The summed E-state index contributed by atoms with van der Waals surface area (Å²) in [6.07, 6.45) is 0. The van der Waals surface area contributed by atoms with E-state index in [1.54, 1.807) is 16.7 Å². The van der Waals surface area contributed by atoms with Gasteiger partial charge in [0.25, 0.3) is 5.91 Å². The fourth-order valence-electron chi connectivity index (χ4n) is 2.64. The molecular formula is C20H20BrN5O2S. The van der Waals surface area contributed by atoms with E-state index in [0.717, 1.165) is 4.47 Å². The molecule has 9 heteroatoms. The van der Waals surface area contributed by atoms with Gasteiger partial charge in [0.2, 0.25) is 5.91 Å². The molecule has 0 unspecified atom stereocenters. The number of amides is 2. The van der Waals surface area contributed by atoms with Crippen LogP contribution in [0.25, 0.3) is 0 Å². The number of nitrogens with zero attached hydrogens (tertiary/aromatic N) is 3. The van der Waals surface area contributed by atoms with Crippen LogP contribution < -0.4 is 10.6 Å². The lowest BCUT2D eigenvalue weighted by Crippen LogP contribution is -2.28. The number of anilines is 1. The van der Waals surface area contributed by atoms with Crippen LogP contribution in [0.2, 0.25) is 0 Å². The zero-order chi connectivity index (χ0) is 20.8. The molecule has 0 aliphatic rings. The summed E-state index contributed by atoms with van der Waals surface area (Å²) in [5.41, 5.74) is 1.30. The van der Waals surface area contributed by atoms with E-state index >= 15 is 0 Å². The minimum Gasteiger partial charge on any atom is -0.342 e. The van der Waals surface area contributed by atoms with Gasteiger partial charge in [0.05, 0.1) is 17.5 Å². The zero-order valence-electron chi connectivity index (χ0n) is 15.9. The van der Waals surface area contributed by atoms with E-state index in [-0.39, 0.29) is 23.6 Å². The van der Waals surface area contributed by atoms with Crippen LogP contribution in [0, 0.1) is 0 Å². The van der Waals surface area contributed by atoms with Gasteiger partial charge < -0.3 is 15.2 Å². The number of hydrogen-bond acceptors (Lipinski definition) is 5. The minimum absolute atomic E-state index is 0.142. The Balaban J connectivity index is 1.58. The van der Waals surface area contributed by atoms with Gasteiger partial charge in [0, 0.05) is 17.1 Å². The summed E-state index contributed by atoms with van der Waals surface area (Å²) in [4.78, 5) is 24.6. The normalized spacial score (nSPS) is 11.7. The van der Waals surface area contributed by atoms with Gasteiger partial charge in [0.1, 0.15) is 0 Å². The molecule has 0 saturated heterocycles. The van der Waals surface area contributed by atoms with Crippen LogP contribution in [-0.4, -0.2) is 32.3 Å². The van der Waals surface area contributed by atoms with E-state index in [2.05, 4.69) is 36.8 Å². The third-order valence-electron chi connectivity index (χ3n) is 4.12. The number of rotatable bonds is 7. The van der Waals surface area contributed by atoms with Gasteiger partial charge in [-0.05, 0) is 47.1 Å². The van der Waals surface area contributed by atoms with Crippen LogP contribution in [0.5, 0.6) is 0 Å². The van der Waals surface area contributed by atoms with Gasteiger partial charge in [0.15, 0.2) is 11.0 Å². The molecule has 2 aromatic carbocycles. The number of nitrogens with one attached hydrogen (secondary N) is 2. The topological polar surface area (TPSA) is 88.9 Å². The van der Waals surface area contributed by atoms with Gasteiger partial charge in [-0.1, -0.05) is 42.1 Å². The van der Waals surface area contributed by atoms with Gasteiger partial charge in [-0.3, -0.25) is 9.59 Å². The van der Waals surface area contributed by atoms with Crippen LogP contribution in [0.4, 0.5) is 5.69 Å². The van der Waals surface area contributed by atoms with Crippen molar-refractivity contribution in [2.45, 2.75) is 18.1 Å². The number of thioether (sulfide) groups is 1. The second-order valence-electron chi connectivity index (χ2n) is 6.28. The highest BCUT2D eigenvalue weighted by molar-refractivity contribution is 9.10. The summed E-state index contributed by atoms with van der Waals surface area (Å²) in [5, 5.41) is 14.7. The van der Waals surface area contributed by atoms with E-state index in [1.807, 2.05) is 56.4 Å². The van der Waals surface area contributed by atoms with Crippen molar-refractivity contribution >= 4 is 45.2 Å². The molecular weight excluding hydrogens is 454 g/mol. The number of aromatic nitrogens is 3. The molecule has 0 spiro atoms. The van der Waals surface area contributed by atoms with E-state index in [4.69, 9.17) is 0 Å². The Labute approximate surface area is 181 Å². The number of carbonyl (C=O) groups is 2. The van der Waals surface area contributed by atoms with Gasteiger partial charge in [-0.25, -0.2) is 0 Å². The molecule has 0 saturated carbocycles. The molecule has 7 nitrogen and oxygen atoms in total. The fraction of sp³-hybridized carbons (Fsp3) is 0.200. The summed E-state index contributed by atoms with van der Waals surface area (Å²) in [7, 11) is 1.81. The summed E-state index contributed by atoms with van der Waals surface area (Å²) in [5.74, 6) is 0.487. The maximum absolute atomic E-state index is 12.3. The molecule has 0 aliphatic carbocycles. The standard InChI is InChI=1S/C20H20BrN5O2S/c1-13(22-19(28)14-8-4-3-5-9-14)18-24-25-20(26(18)2)29-12-17(27)23-16-11-7-6-10-15(16)21/h3-11,13H,12H2,1-2H3,(H,22,28)(H,23,27)/t13-/m0/s1. The molecule has 150 valence electrons. The Hall–Kier alpha value is -2.65. The molecule has 29 heavy (non-hydrogen) atoms. The molecule has 1 aromatic heterocycles. The highest BCUT2D eigenvalue weighted by atomic mass is 79.9. The first-order valence-corrected chi connectivity index (χ1v) is 10.7. The Morgan fingerprint density at radius 3 is 2.52 bits per heavy atom. The second-order valence-corrected chi connectivity index (χ2v) is 8.07. The van der Waals surface area contributed by atoms with Gasteiger partial charge in [-0.2, -0.15) is 0 Å². The van der Waals surface area contributed by atoms with Crippen molar-refractivity contribution in [1.82, 2.24) is 20.1 Å². The predicted octanol–water partition coefficient (Wildman–Crippen LogP) is 3.80. The molecule has 0 radical (unpaired) electrons. The smallest absolute Gasteiger partial charge is 0.251 e. The average Bonchev–Trinajstić information content (AvgIpc) is 3.09. The molecule has 2 amide bonds. The number of hydrogen-bond donors (Lipinski definition) is 2. The Bertz CT molecular complexity index is 1010. The molecule has 0 bridgehead atoms. The first-order valence-electron chi connectivity index (χ1n) is 8.88. The number of para-hydroxylation sites is 1. The molecule has 3 rings (SSSR count). The van der Waals surface area contributed by atoms with E-state index < -0.39 is 0 Å². The van der Waals surface area contributed by atoms with Gasteiger partial charge >= 0.3 is 0 Å². The first kappa shape index (κ1) is 21.1. The molecule has 3 aromatic rings. The fourth-order valence-corrected chi connectivity index (χ4v) is 3.74. The maximum atomic E-state index is 12.3. The summed E-state index contributed by atoms with van der Waals surface area (Å²) in [6.45, 7) is 1.85. The maximum Gasteiger partial charge on any atom is 0.251 e. The summed E-state index contributed by atoms with van der Waals surface area (Å²) in [6, 6.07) is 16.1. The Morgan fingerprint density at radius 2 is 1.79 bits per heavy atom. The van der Waals surface area contributed by atoms with Gasteiger partial charge in [-0.15, -0.1) is 10.2 Å².